The molecular formula is C12H18N4S. The van der Waals surface area contributed by atoms with E-state index in [4.69, 9.17) is 11.0 Å². The Morgan fingerprint density at radius 1 is 1.47 bits per heavy atom. The van der Waals surface area contributed by atoms with Crippen LogP contribution in [0, 0.1) is 17.2 Å². The van der Waals surface area contributed by atoms with Crippen LogP contribution in [0.5, 0.6) is 0 Å². The molecular weight excluding hydrogens is 232 g/mol. The van der Waals surface area contributed by atoms with Crippen molar-refractivity contribution in [2.75, 3.05) is 17.6 Å². The molecule has 0 saturated heterocycles. The summed E-state index contributed by atoms with van der Waals surface area (Å²) >= 11 is 1.27. The number of aromatic nitrogens is 1. The van der Waals surface area contributed by atoms with Gasteiger partial charge in [0.1, 0.15) is 16.6 Å². The Hall–Kier alpha value is -1.28. The predicted molar refractivity (Wildman–Crippen MR) is 70.9 cm³/mol. The van der Waals surface area contributed by atoms with Gasteiger partial charge in [-0.25, -0.2) is 0 Å². The monoisotopic (exact) mass is 250 g/mol. The van der Waals surface area contributed by atoms with Crippen molar-refractivity contribution in [3.63, 3.8) is 0 Å². The summed E-state index contributed by atoms with van der Waals surface area (Å²) in [5.74, 6) is 1.27. The molecule has 2 rings (SSSR count). The van der Waals surface area contributed by atoms with Crippen LogP contribution in [-0.4, -0.2) is 10.9 Å². The molecule has 1 aliphatic carbocycles. The van der Waals surface area contributed by atoms with Gasteiger partial charge in [-0.05, 0) is 30.3 Å². The number of anilines is 2. The van der Waals surface area contributed by atoms with Gasteiger partial charge in [0.25, 0.3) is 0 Å². The Morgan fingerprint density at radius 3 is 2.94 bits per heavy atom. The second-order valence-electron chi connectivity index (χ2n) is 4.60. The van der Waals surface area contributed by atoms with Crippen LogP contribution < -0.4 is 11.1 Å². The van der Waals surface area contributed by atoms with Crippen molar-refractivity contribution < 1.29 is 0 Å². The fraction of sp³-hybridized carbons (Fsp3) is 0.667. The summed E-state index contributed by atoms with van der Waals surface area (Å²) in [4.78, 5) is 0. The summed E-state index contributed by atoms with van der Waals surface area (Å²) in [6.07, 6.45) is 8.06. The summed E-state index contributed by atoms with van der Waals surface area (Å²) in [6, 6.07) is 2.09. The Morgan fingerprint density at radius 2 is 2.24 bits per heavy atom. The molecule has 4 nitrogen and oxygen atoms in total. The molecule has 0 aliphatic heterocycles. The van der Waals surface area contributed by atoms with E-state index < -0.39 is 0 Å². The van der Waals surface area contributed by atoms with Gasteiger partial charge in [0.05, 0.1) is 0 Å². The third-order valence-electron chi connectivity index (χ3n) is 3.38. The number of nitriles is 1. The topological polar surface area (TPSA) is 74.7 Å². The number of nitrogens with zero attached hydrogens (tertiary/aromatic N) is 2. The number of nitrogens with one attached hydrogen (secondary N) is 1. The lowest BCUT2D eigenvalue weighted by atomic mass is 10.0. The Kier molecular flexibility index (Phi) is 4.21. The van der Waals surface area contributed by atoms with Gasteiger partial charge in [0.15, 0.2) is 5.82 Å². The molecule has 0 unspecified atom stereocenters. The minimum absolute atomic E-state index is 0.343. The highest BCUT2D eigenvalue weighted by Gasteiger charge is 2.14. The molecule has 0 amide bonds. The molecule has 92 valence electrons. The van der Waals surface area contributed by atoms with Crippen molar-refractivity contribution >= 4 is 22.4 Å². The predicted octanol–water partition coefficient (Wildman–Crippen LogP) is 2.98. The number of nitrogens with two attached hydrogens (primary N) is 1. The van der Waals surface area contributed by atoms with E-state index >= 15 is 0 Å². The normalized spacial score (nSPS) is 15.9. The third kappa shape index (κ3) is 3.10. The first kappa shape index (κ1) is 12.2. The van der Waals surface area contributed by atoms with Crippen LogP contribution in [0.2, 0.25) is 0 Å². The van der Waals surface area contributed by atoms with E-state index in [0.717, 1.165) is 23.9 Å². The van der Waals surface area contributed by atoms with Gasteiger partial charge in [-0.15, -0.1) is 0 Å². The van der Waals surface area contributed by atoms with Gasteiger partial charge >= 0.3 is 0 Å². The largest absolute Gasteiger partial charge is 0.382 e. The second-order valence-corrected chi connectivity index (χ2v) is 5.38. The molecule has 17 heavy (non-hydrogen) atoms. The number of hydrogen-bond acceptors (Lipinski definition) is 5. The van der Waals surface area contributed by atoms with Crippen molar-refractivity contribution in [2.24, 2.45) is 5.92 Å². The van der Waals surface area contributed by atoms with Gasteiger partial charge in [-0.2, -0.15) is 9.64 Å². The lowest BCUT2D eigenvalue weighted by molar-refractivity contribution is 0.491. The quantitative estimate of drug-likeness (QED) is 0.788. The lowest BCUT2D eigenvalue weighted by Crippen LogP contribution is -2.04. The Bertz CT molecular complexity index is 401. The SMILES string of the molecule is N#Cc1c(N)nsc1NCCCC1CCCC1. The van der Waals surface area contributed by atoms with Crippen LogP contribution in [0.25, 0.3) is 0 Å². The minimum atomic E-state index is 0.343. The van der Waals surface area contributed by atoms with E-state index in [-0.39, 0.29) is 0 Å². The van der Waals surface area contributed by atoms with E-state index in [1.54, 1.807) is 0 Å². The average Bonchev–Trinajstić information content (AvgIpc) is 2.94. The van der Waals surface area contributed by atoms with Crippen LogP contribution in [0.1, 0.15) is 44.1 Å². The molecule has 1 heterocycles. The van der Waals surface area contributed by atoms with Crippen molar-refractivity contribution in [2.45, 2.75) is 38.5 Å². The van der Waals surface area contributed by atoms with Crippen LogP contribution in [0.15, 0.2) is 0 Å². The van der Waals surface area contributed by atoms with Crippen molar-refractivity contribution in [3.05, 3.63) is 5.56 Å². The first-order valence-corrected chi connectivity index (χ1v) is 6.97. The average molecular weight is 250 g/mol. The lowest BCUT2D eigenvalue weighted by Gasteiger charge is -2.08. The van der Waals surface area contributed by atoms with E-state index in [1.165, 1.54) is 43.6 Å². The van der Waals surface area contributed by atoms with Crippen molar-refractivity contribution in [1.29, 1.82) is 5.26 Å². The fourth-order valence-electron chi connectivity index (χ4n) is 2.42. The van der Waals surface area contributed by atoms with Gasteiger partial charge in [-0.3, -0.25) is 0 Å². The molecule has 1 aliphatic rings. The maximum Gasteiger partial charge on any atom is 0.157 e. The molecule has 1 saturated carbocycles. The molecule has 0 atom stereocenters. The number of hydrogen-bond donors (Lipinski definition) is 2. The van der Waals surface area contributed by atoms with Crippen molar-refractivity contribution in [3.8, 4) is 6.07 Å². The molecule has 0 aromatic carbocycles. The second kappa shape index (κ2) is 5.87. The van der Waals surface area contributed by atoms with E-state index in [9.17, 15) is 0 Å². The minimum Gasteiger partial charge on any atom is -0.382 e. The molecule has 0 bridgehead atoms. The zero-order chi connectivity index (χ0) is 12.1. The number of nitrogen functional groups attached to an aromatic ring is 1. The van der Waals surface area contributed by atoms with Crippen LogP contribution in [0.3, 0.4) is 0 Å². The summed E-state index contributed by atoms with van der Waals surface area (Å²) in [5.41, 5.74) is 6.09. The van der Waals surface area contributed by atoms with E-state index in [1.807, 2.05) is 0 Å². The third-order valence-corrected chi connectivity index (χ3v) is 4.20. The van der Waals surface area contributed by atoms with E-state index in [0.29, 0.717) is 11.4 Å². The smallest absolute Gasteiger partial charge is 0.157 e. The van der Waals surface area contributed by atoms with Crippen LogP contribution >= 0.6 is 11.5 Å². The summed E-state index contributed by atoms with van der Waals surface area (Å²) in [5, 5.41) is 13.0. The van der Waals surface area contributed by atoms with E-state index in [2.05, 4.69) is 15.8 Å². The highest BCUT2D eigenvalue weighted by molar-refractivity contribution is 7.10. The molecule has 5 heteroatoms. The first-order chi connectivity index (χ1) is 8.31. The highest BCUT2D eigenvalue weighted by Crippen LogP contribution is 2.29. The molecule has 1 fully saturated rings. The number of rotatable bonds is 5. The Balaban J connectivity index is 1.72. The van der Waals surface area contributed by atoms with Gasteiger partial charge in [0, 0.05) is 6.54 Å². The van der Waals surface area contributed by atoms with Gasteiger partial charge in [-0.1, -0.05) is 25.7 Å². The Labute approximate surface area is 106 Å². The maximum atomic E-state index is 8.91. The molecule has 1 aromatic heterocycles. The highest BCUT2D eigenvalue weighted by atomic mass is 32.1. The van der Waals surface area contributed by atoms with Crippen LogP contribution in [0.4, 0.5) is 10.8 Å². The standard InChI is InChI=1S/C12H18N4S/c13-8-10-11(14)16-17-12(10)15-7-3-6-9-4-1-2-5-9/h9,15H,1-7H2,(H2,14,16). The maximum absolute atomic E-state index is 8.91. The summed E-state index contributed by atoms with van der Waals surface area (Å²) in [7, 11) is 0. The summed E-state index contributed by atoms with van der Waals surface area (Å²) < 4.78 is 3.98. The van der Waals surface area contributed by atoms with Crippen LogP contribution in [-0.2, 0) is 0 Å². The van der Waals surface area contributed by atoms with Gasteiger partial charge in [0.2, 0.25) is 0 Å². The molecule has 3 N–H and O–H groups in total. The molecule has 1 aromatic rings. The van der Waals surface area contributed by atoms with Gasteiger partial charge < -0.3 is 11.1 Å². The first-order valence-electron chi connectivity index (χ1n) is 6.20. The zero-order valence-corrected chi connectivity index (χ0v) is 10.7. The molecule has 0 radical (unpaired) electrons. The van der Waals surface area contributed by atoms with Crippen molar-refractivity contribution in [1.82, 2.24) is 4.37 Å². The molecule has 0 spiro atoms. The summed E-state index contributed by atoms with van der Waals surface area (Å²) in [6.45, 7) is 0.910. The zero-order valence-electron chi connectivity index (χ0n) is 9.91. The fourth-order valence-corrected chi connectivity index (χ4v) is 3.11.